The lowest BCUT2D eigenvalue weighted by Gasteiger charge is -2.32. The van der Waals surface area contributed by atoms with Crippen molar-refractivity contribution in [1.29, 1.82) is 0 Å². The van der Waals surface area contributed by atoms with Gasteiger partial charge in [-0.25, -0.2) is 0 Å². The summed E-state index contributed by atoms with van der Waals surface area (Å²) >= 11 is 0. The van der Waals surface area contributed by atoms with E-state index in [1.165, 1.54) is 7.11 Å². The number of nitrogens with zero attached hydrogens (tertiary/aromatic N) is 1. The molecule has 0 aliphatic carbocycles. The molecular weight excluding hydrogens is 348 g/mol. The van der Waals surface area contributed by atoms with Crippen molar-refractivity contribution in [1.82, 2.24) is 0 Å². The number of benzene rings is 2. The van der Waals surface area contributed by atoms with Gasteiger partial charge in [0.05, 0.1) is 25.6 Å². The van der Waals surface area contributed by atoms with Crippen molar-refractivity contribution in [2.45, 2.75) is 19.4 Å². The molecular formula is C20H22N2O5. The third-order valence-corrected chi connectivity index (χ3v) is 4.32. The molecule has 1 aliphatic heterocycles. The zero-order valence-electron chi connectivity index (χ0n) is 15.5. The van der Waals surface area contributed by atoms with Gasteiger partial charge in [-0.2, -0.15) is 0 Å². The summed E-state index contributed by atoms with van der Waals surface area (Å²) in [6.45, 7) is 1.95. The van der Waals surface area contributed by atoms with Crippen molar-refractivity contribution in [2.24, 2.45) is 0 Å². The maximum absolute atomic E-state index is 12.5. The van der Waals surface area contributed by atoms with Crippen LogP contribution in [0.4, 0.5) is 11.4 Å². The van der Waals surface area contributed by atoms with Crippen LogP contribution in [0.1, 0.15) is 13.3 Å². The number of para-hydroxylation sites is 2. The smallest absolute Gasteiger partial charge is 0.267 e. The summed E-state index contributed by atoms with van der Waals surface area (Å²) in [6.07, 6.45) is -0.450. The van der Waals surface area contributed by atoms with Gasteiger partial charge in [-0.3, -0.25) is 9.59 Å². The third kappa shape index (κ3) is 3.97. The van der Waals surface area contributed by atoms with Crippen LogP contribution in [0.3, 0.4) is 0 Å². The lowest BCUT2D eigenvalue weighted by Crippen LogP contribution is -2.45. The molecule has 2 aromatic rings. The quantitative estimate of drug-likeness (QED) is 0.846. The van der Waals surface area contributed by atoms with Gasteiger partial charge >= 0.3 is 0 Å². The minimum absolute atomic E-state index is 0.132. The number of amides is 2. The average molecular weight is 370 g/mol. The molecule has 0 spiro atoms. The molecule has 0 saturated carbocycles. The highest BCUT2D eigenvalue weighted by Gasteiger charge is 2.31. The first kappa shape index (κ1) is 18.6. The standard InChI is InChI=1S/C20H22N2O5/c1-13-20(24)22(16-6-4-5-7-18(16)27-13)11-10-19(23)21-15-12-14(25-2)8-9-17(15)26-3/h4-9,12-13H,10-11H2,1-3H3,(H,21,23). The van der Waals surface area contributed by atoms with Crippen molar-refractivity contribution in [2.75, 3.05) is 31.0 Å². The Morgan fingerprint density at radius 3 is 2.70 bits per heavy atom. The molecule has 0 saturated heterocycles. The number of ether oxygens (including phenoxy) is 3. The van der Waals surface area contributed by atoms with Crippen LogP contribution in [-0.4, -0.2) is 38.7 Å². The van der Waals surface area contributed by atoms with Crippen molar-refractivity contribution in [3.05, 3.63) is 42.5 Å². The van der Waals surface area contributed by atoms with E-state index in [0.717, 1.165) is 0 Å². The SMILES string of the molecule is COc1ccc(OC)c(NC(=O)CCN2C(=O)C(C)Oc3ccccc32)c1. The van der Waals surface area contributed by atoms with E-state index in [9.17, 15) is 9.59 Å². The fourth-order valence-electron chi connectivity index (χ4n) is 2.93. The predicted octanol–water partition coefficient (Wildman–Crippen LogP) is 2.85. The minimum Gasteiger partial charge on any atom is -0.497 e. The molecule has 3 rings (SSSR count). The molecule has 0 aromatic heterocycles. The van der Waals surface area contributed by atoms with Crippen LogP contribution in [0.5, 0.6) is 17.2 Å². The van der Waals surface area contributed by atoms with Crippen molar-refractivity contribution >= 4 is 23.2 Å². The number of hydrogen-bond donors (Lipinski definition) is 1. The Hall–Kier alpha value is -3.22. The number of rotatable bonds is 6. The van der Waals surface area contributed by atoms with Crippen LogP contribution in [0.2, 0.25) is 0 Å². The van der Waals surface area contributed by atoms with Gasteiger partial charge in [-0.05, 0) is 31.2 Å². The highest BCUT2D eigenvalue weighted by molar-refractivity contribution is 6.01. The lowest BCUT2D eigenvalue weighted by molar-refractivity contribution is -0.125. The number of hydrogen-bond acceptors (Lipinski definition) is 5. The normalized spacial score (nSPS) is 15.6. The third-order valence-electron chi connectivity index (χ3n) is 4.32. The number of carbonyl (C=O) groups excluding carboxylic acids is 2. The van der Waals surface area contributed by atoms with E-state index in [1.54, 1.807) is 37.1 Å². The molecule has 0 bridgehead atoms. The van der Waals surface area contributed by atoms with E-state index in [-0.39, 0.29) is 24.8 Å². The fraction of sp³-hybridized carbons (Fsp3) is 0.300. The van der Waals surface area contributed by atoms with Gasteiger partial charge in [0.2, 0.25) is 5.91 Å². The zero-order valence-corrected chi connectivity index (χ0v) is 15.5. The zero-order chi connectivity index (χ0) is 19.4. The van der Waals surface area contributed by atoms with E-state index in [4.69, 9.17) is 14.2 Å². The molecule has 0 radical (unpaired) electrons. The first-order valence-corrected chi connectivity index (χ1v) is 8.62. The first-order chi connectivity index (χ1) is 13.0. The summed E-state index contributed by atoms with van der Waals surface area (Å²) in [4.78, 5) is 26.5. The summed E-state index contributed by atoms with van der Waals surface area (Å²) in [5, 5.41) is 2.81. The second kappa shape index (κ2) is 7.99. The Balaban J connectivity index is 1.70. The van der Waals surface area contributed by atoms with Gasteiger partial charge in [0.15, 0.2) is 6.10 Å². The second-order valence-corrected chi connectivity index (χ2v) is 6.08. The van der Waals surface area contributed by atoms with E-state index in [2.05, 4.69) is 5.32 Å². The molecule has 1 atom stereocenters. The summed E-state index contributed by atoms with van der Waals surface area (Å²) in [5.74, 6) is 1.38. The van der Waals surface area contributed by atoms with E-state index in [0.29, 0.717) is 28.6 Å². The van der Waals surface area contributed by atoms with Crippen molar-refractivity contribution < 1.29 is 23.8 Å². The Morgan fingerprint density at radius 2 is 1.96 bits per heavy atom. The minimum atomic E-state index is -0.582. The predicted molar refractivity (Wildman–Crippen MR) is 102 cm³/mol. The largest absolute Gasteiger partial charge is 0.497 e. The maximum Gasteiger partial charge on any atom is 0.267 e. The van der Waals surface area contributed by atoms with Crippen LogP contribution in [0.25, 0.3) is 0 Å². The highest BCUT2D eigenvalue weighted by Crippen LogP contribution is 2.34. The fourth-order valence-corrected chi connectivity index (χ4v) is 2.93. The van der Waals surface area contributed by atoms with Crippen LogP contribution in [0.15, 0.2) is 42.5 Å². The van der Waals surface area contributed by atoms with Crippen LogP contribution < -0.4 is 24.4 Å². The number of carbonyl (C=O) groups is 2. The Bertz CT molecular complexity index is 852. The molecule has 142 valence electrons. The van der Waals surface area contributed by atoms with E-state index >= 15 is 0 Å². The van der Waals surface area contributed by atoms with Gasteiger partial charge in [-0.15, -0.1) is 0 Å². The van der Waals surface area contributed by atoms with Crippen LogP contribution in [-0.2, 0) is 9.59 Å². The summed E-state index contributed by atoms with van der Waals surface area (Å²) in [6, 6.07) is 12.5. The van der Waals surface area contributed by atoms with Crippen molar-refractivity contribution in [3.63, 3.8) is 0 Å². The average Bonchev–Trinajstić information content (AvgIpc) is 2.68. The van der Waals surface area contributed by atoms with Gasteiger partial charge < -0.3 is 24.4 Å². The Morgan fingerprint density at radius 1 is 1.19 bits per heavy atom. The molecule has 0 fully saturated rings. The topological polar surface area (TPSA) is 77.1 Å². The Labute approximate surface area is 157 Å². The molecule has 2 aromatic carbocycles. The molecule has 7 heteroatoms. The summed E-state index contributed by atoms with van der Waals surface area (Å²) in [7, 11) is 3.08. The number of nitrogens with one attached hydrogen (secondary N) is 1. The van der Waals surface area contributed by atoms with E-state index < -0.39 is 6.10 Å². The summed E-state index contributed by atoms with van der Waals surface area (Å²) in [5.41, 5.74) is 1.19. The summed E-state index contributed by atoms with van der Waals surface area (Å²) < 4.78 is 16.1. The number of anilines is 2. The monoisotopic (exact) mass is 370 g/mol. The van der Waals surface area contributed by atoms with Gasteiger partial charge in [0.1, 0.15) is 17.2 Å². The molecule has 2 amide bonds. The van der Waals surface area contributed by atoms with Gasteiger partial charge in [0, 0.05) is 19.0 Å². The van der Waals surface area contributed by atoms with E-state index in [1.807, 2.05) is 24.3 Å². The second-order valence-electron chi connectivity index (χ2n) is 6.08. The highest BCUT2D eigenvalue weighted by atomic mass is 16.5. The van der Waals surface area contributed by atoms with Gasteiger partial charge in [-0.1, -0.05) is 12.1 Å². The lowest BCUT2D eigenvalue weighted by atomic mass is 10.1. The maximum atomic E-state index is 12.5. The Kier molecular flexibility index (Phi) is 5.49. The van der Waals surface area contributed by atoms with Gasteiger partial charge in [0.25, 0.3) is 5.91 Å². The number of methoxy groups -OCH3 is 2. The molecule has 27 heavy (non-hydrogen) atoms. The molecule has 1 aliphatic rings. The number of fused-ring (bicyclic) bond motifs is 1. The molecule has 7 nitrogen and oxygen atoms in total. The first-order valence-electron chi connectivity index (χ1n) is 8.62. The van der Waals surface area contributed by atoms with Crippen LogP contribution in [0, 0.1) is 0 Å². The molecule has 1 unspecified atom stereocenters. The van der Waals surface area contributed by atoms with Crippen LogP contribution >= 0.6 is 0 Å². The molecule has 1 heterocycles. The van der Waals surface area contributed by atoms with Crippen molar-refractivity contribution in [3.8, 4) is 17.2 Å². The molecule has 1 N–H and O–H groups in total.